The Hall–Kier alpha value is -1.28. The lowest BCUT2D eigenvalue weighted by Crippen LogP contribution is -2.24. The van der Waals surface area contributed by atoms with E-state index in [9.17, 15) is 13.5 Å². The SMILES string of the molecule is Cc1cc(CO)cc(S(=O)(=O)NCc2cccnc2)c1Br. The highest BCUT2D eigenvalue weighted by atomic mass is 79.9. The Labute approximate surface area is 132 Å². The number of sulfonamides is 1. The van der Waals surface area contributed by atoms with Crippen molar-refractivity contribution < 1.29 is 13.5 Å². The van der Waals surface area contributed by atoms with Gasteiger partial charge in [-0.05, 0) is 51.7 Å². The summed E-state index contributed by atoms with van der Waals surface area (Å²) >= 11 is 3.29. The number of rotatable bonds is 5. The summed E-state index contributed by atoms with van der Waals surface area (Å²) in [4.78, 5) is 4.06. The zero-order valence-corrected chi connectivity index (χ0v) is 13.8. The lowest BCUT2D eigenvalue weighted by molar-refractivity contribution is 0.281. The number of aliphatic hydroxyl groups is 1. The fourth-order valence-corrected chi connectivity index (χ4v) is 3.94. The van der Waals surface area contributed by atoms with Crippen molar-refractivity contribution in [3.8, 4) is 0 Å². The molecule has 1 aromatic carbocycles. The Morgan fingerprint density at radius 3 is 2.71 bits per heavy atom. The second kappa shape index (κ2) is 6.65. The van der Waals surface area contributed by atoms with Gasteiger partial charge in [0, 0.05) is 23.4 Å². The molecule has 7 heteroatoms. The van der Waals surface area contributed by atoms with Crippen LogP contribution in [-0.4, -0.2) is 18.5 Å². The minimum Gasteiger partial charge on any atom is -0.392 e. The molecule has 1 aromatic heterocycles. The third-order valence-corrected chi connectivity index (χ3v) is 5.68. The molecule has 0 unspecified atom stereocenters. The summed E-state index contributed by atoms with van der Waals surface area (Å²) in [6, 6.07) is 6.74. The van der Waals surface area contributed by atoms with Crippen molar-refractivity contribution in [2.45, 2.75) is 25.0 Å². The average Bonchev–Trinajstić information content (AvgIpc) is 2.48. The summed E-state index contributed by atoms with van der Waals surface area (Å²) in [6.45, 7) is 1.73. The molecule has 0 saturated carbocycles. The van der Waals surface area contributed by atoms with Crippen LogP contribution >= 0.6 is 15.9 Å². The van der Waals surface area contributed by atoms with E-state index in [2.05, 4.69) is 25.6 Å². The molecule has 2 rings (SSSR count). The molecule has 0 atom stereocenters. The van der Waals surface area contributed by atoms with Gasteiger partial charge in [-0.15, -0.1) is 0 Å². The molecule has 0 bridgehead atoms. The van der Waals surface area contributed by atoms with Gasteiger partial charge in [0.15, 0.2) is 0 Å². The summed E-state index contributed by atoms with van der Waals surface area (Å²) in [5, 5.41) is 9.21. The zero-order chi connectivity index (χ0) is 15.5. The van der Waals surface area contributed by atoms with Crippen molar-refractivity contribution >= 4 is 26.0 Å². The first-order valence-electron chi connectivity index (χ1n) is 6.22. The molecule has 0 fully saturated rings. The molecule has 0 amide bonds. The Kier molecular flexibility index (Phi) is 5.10. The number of hydrogen-bond donors (Lipinski definition) is 2. The van der Waals surface area contributed by atoms with Crippen LogP contribution in [0.5, 0.6) is 0 Å². The quantitative estimate of drug-likeness (QED) is 0.844. The molecule has 0 aliphatic heterocycles. The molecule has 1 heterocycles. The topological polar surface area (TPSA) is 79.3 Å². The summed E-state index contributed by atoms with van der Waals surface area (Å²) in [5.74, 6) is 0. The molecule has 0 spiro atoms. The first kappa shape index (κ1) is 16.1. The van der Waals surface area contributed by atoms with Gasteiger partial charge in [-0.2, -0.15) is 0 Å². The molecular formula is C14H15BrN2O3S. The van der Waals surface area contributed by atoms with Crippen LogP contribution in [0.2, 0.25) is 0 Å². The first-order chi connectivity index (χ1) is 9.94. The standard InChI is InChI=1S/C14H15BrN2O3S/c1-10-5-12(9-18)6-13(14(10)15)21(19,20)17-8-11-3-2-4-16-7-11/h2-7,17-18H,8-9H2,1H3. The van der Waals surface area contributed by atoms with Crippen molar-refractivity contribution in [2.24, 2.45) is 0 Å². The van der Waals surface area contributed by atoms with Crippen molar-refractivity contribution in [3.63, 3.8) is 0 Å². The first-order valence-corrected chi connectivity index (χ1v) is 8.50. The number of aryl methyl sites for hydroxylation is 1. The monoisotopic (exact) mass is 370 g/mol. The highest BCUT2D eigenvalue weighted by Crippen LogP contribution is 2.27. The molecule has 0 aliphatic rings. The van der Waals surface area contributed by atoms with Gasteiger partial charge in [0.2, 0.25) is 10.0 Å². The smallest absolute Gasteiger partial charge is 0.242 e. The van der Waals surface area contributed by atoms with E-state index in [4.69, 9.17) is 0 Å². The van der Waals surface area contributed by atoms with Gasteiger partial charge in [0.05, 0.1) is 11.5 Å². The van der Waals surface area contributed by atoms with Crippen molar-refractivity contribution in [3.05, 3.63) is 57.8 Å². The lowest BCUT2D eigenvalue weighted by Gasteiger charge is -2.12. The number of aromatic nitrogens is 1. The van der Waals surface area contributed by atoms with Crippen LogP contribution in [0.1, 0.15) is 16.7 Å². The number of hydrogen-bond acceptors (Lipinski definition) is 4. The summed E-state index contributed by atoms with van der Waals surface area (Å²) in [7, 11) is -3.68. The van der Waals surface area contributed by atoms with Gasteiger partial charge < -0.3 is 5.11 Å². The second-order valence-corrected chi connectivity index (χ2v) is 7.10. The van der Waals surface area contributed by atoms with Crippen molar-refractivity contribution in [1.29, 1.82) is 0 Å². The maximum absolute atomic E-state index is 12.4. The zero-order valence-electron chi connectivity index (χ0n) is 11.4. The molecule has 21 heavy (non-hydrogen) atoms. The van der Waals surface area contributed by atoms with Gasteiger partial charge in [-0.3, -0.25) is 4.98 Å². The second-order valence-electron chi connectivity index (χ2n) is 4.57. The van der Waals surface area contributed by atoms with Crippen molar-refractivity contribution in [1.82, 2.24) is 9.71 Å². The molecular weight excluding hydrogens is 356 g/mol. The number of aliphatic hydroxyl groups excluding tert-OH is 1. The highest BCUT2D eigenvalue weighted by molar-refractivity contribution is 9.10. The maximum atomic E-state index is 12.4. The highest BCUT2D eigenvalue weighted by Gasteiger charge is 2.19. The Morgan fingerprint density at radius 2 is 2.10 bits per heavy atom. The minimum absolute atomic E-state index is 0.121. The number of halogens is 1. The van der Waals surface area contributed by atoms with Crippen LogP contribution in [-0.2, 0) is 23.2 Å². The van der Waals surface area contributed by atoms with E-state index in [0.29, 0.717) is 10.0 Å². The Balaban J connectivity index is 2.29. The third-order valence-electron chi connectivity index (χ3n) is 2.94. The molecule has 112 valence electrons. The van der Waals surface area contributed by atoms with E-state index in [1.807, 2.05) is 0 Å². The molecule has 2 N–H and O–H groups in total. The van der Waals surface area contributed by atoms with E-state index >= 15 is 0 Å². The Morgan fingerprint density at radius 1 is 1.33 bits per heavy atom. The van der Waals surface area contributed by atoms with Crippen LogP contribution in [0, 0.1) is 6.92 Å². The van der Waals surface area contributed by atoms with E-state index in [-0.39, 0.29) is 18.0 Å². The largest absolute Gasteiger partial charge is 0.392 e. The lowest BCUT2D eigenvalue weighted by atomic mass is 10.1. The van der Waals surface area contributed by atoms with Gasteiger partial charge >= 0.3 is 0 Å². The van der Waals surface area contributed by atoms with Crippen LogP contribution in [0.25, 0.3) is 0 Å². The van der Waals surface area contributed by atoms with Crippen molar-refractivity contribution in [2.75, 3.05) is 0 Å². The summed E-state index contributed by atoms with van der Waals surface area (Å²) in [5.41, 5.74) is 2.08. The van der Waals surface area contributed by atoms with E-state index in [1.54, 1.807) is 37.5 Å². The van der Waals surface area contributed by atoms with E-state index < -0.39 is 10.0 Å². The molecule has 2 aromatic rings. The molecule has 0 saturated heterocycles. The van der Waals surface area contributed by atoms with E-state index in [0.717, 1.165) is 11.1 Å². The fraction of sp³-hybridized carbons (Fsp3) is 0.214. The normalized spacial score (nSPS) is 11.6. The van der Waals surface area contributed by atoms with Gasteiger partial charge in [0.25, 0.3) is 0 Å². The fourth-order valence-electron chi connectivity index (χ4n) is 1.85. The summed E-state index contributed by atoms with van der Waals surface area (Å²) < 4.78 is 27.8. The molecule has 0 aliphatic carbocycles. The van der Waals surface area contributed by atoms with E-state index in [1.165, 1.54) is 6.07 Å². The van der Waals surface area contributed by atoms with Gasteiger partial charge in [-0.25, -0.2) is 13.1 Å². The Bertz CT molecular complexity index is 733. The van der Waals surface area contributed by atoms with Crippen LogP contribution in [0.15, 0.2) is 46.0 Å². The number of nitrogens with zero attached hydrogens (tertiary/aromatic N) is 1. The summed E-state index contributed by atoms with van der Waals surface area (Å²) in [6.07, 6.45) is 3.23. The predicted octanol–water partition coefficient (Wildman–Crippen LogP) is 2.12. The number of benzene rings is 1. The average molecular weight is 371 g/mol. The maximum Gasteiger partial charge on any atom is 0.242 e. The minimum atomic E-state index is -3.68. The molecule has 5 nitrogen and oxygen atoms in total. The number of nitrogens with one attached hydrogen (secondary N) is 1. The predicted molar refractivity (Wildman–Crippen MR) is 83.1 cm³/mol. The van der Waals surface area contributed by atoms with Crippen LogP contribution < -0.4 is 4.72 Å². The van der Waals surface area contributed by atoms with Gasteiger partial charge in [0.1, 0.15) is 0 Å². The van der Waals surface area contributed by atoms with Crippen LogP contribution in [0.4, 0.5) is 0 Å². The van der Waals surface area contributed by atoms with Gasteiger partial charge in [-0.1, -0.05) is 12.1 Å². The molecule has 0 radical (unpaired) electrons. The van der Waals surface area contributed by atoms with Crippen LogP contribution in [0.3, 0.4) is 0 Å². The number of pyridine rings is 1. The third kappa shape index (κ3) is 3.88.